The van der Waals surface area contributed by atoms with Crippen LogP contribution in [0, 0.1) is 0 Å². The van der Waals surface area contributed by atoms with Crippen LogP contribution in [0.3, 0.4) is 0 Å². The van der Waals surface area contributed by atoms with Gasteiger partial charge in [-0.1, -0.05) is 23.9 Å². The zero-order chi connectivity index (χ0) is 14.1. The molecule has 0 saturated heterocycles. The second-order valence-corrected chi connectivity index (χ2v) is 6.27. The van der Waals surface area contributed by atoms with Crippen LogP contribution in [0.5, 0.6) is 0 Å². The van der Waals surface area contributed by atoms with E-state index in [1.165, 1.54) is 35.7 Å². The van der Waals surface area contributed by atoms with Gasteiger partial charge in [0.2, 0.25) is 11.1 Å². The summed E-state index contributed by atoms with van der Waals surface area (Å²) in [5, 5.41) is 7.26. The number of rotatable bonds is 4. The van der Waals surface area contributed by atoms with Crippen molar-refractivity contribution in [3.05, 3.63) is 29.3 Å². The highest BCUT2D eigenvalue weighted by atomic mass is 32.2. The van der Waals surface area contributed by atoms with Gasteiger partial charge in [0.25, 0.3) is 0 Å². The molecule has 0 unspecified atom stereocenters. The number of nitrogens with one attached hydrogen (secondary N) is 1. The third-order valence-corrected chi connectivity index (χ3v) is 4.50. The third kappa shape index (κ3) is 2.56. The van der Waals surface area contributed by atoms with E-state index in [1.807, 2.05) is 0 Å². The Balaban J connectivity index is 1.81. The van der Waals surface area contributed by atoms with Crippen molar-refractivity contribution in [2.75, 3.05) is 0 Å². The van der Waals surface area contributed by atoms with Crippen LogP contribution in [0.1, 0.15) is 24.5 Å². The maximum atomic E-state index is 11.0. The van der Waals surface area contributed by atoms with Crippen molar-refractivity contribution in [1.29, 1.82) is 0 Å². The summed E-state index contributed by atoms with van der Waals surface area (Å²) in [5.74, 6) is 0.373. The molecule has 104 valence electrons. The van der Waals surface area contributed by atoms with Gasteiger partial charge in [-0.3, -0.25) is 9.89 Å². The zero-order valence-corrected chi connectivity index (χ0v) is 12.0. The van der Waals surface area contributed by atoms with E-state index in [-0.39, 0.29) is 11.2 Å². The summed E-state index contributed by atoms with van der Waals surface area (Å²) in [6.07, 6.45) is 3.54. The lowest BCUT2D eigenvalue weighted by Crippen LogP contribution is -2.22. The number of primary amides is 1. The molecule has 0 radical (unpaired) electrons. The van der Waals surface area contributed by atoms with Gasteiger partial charge in [0.15, 0.2) is 5.82 Å². The summed E-state index contributed by atoms with van der Waals surface area (Å²) in [6.45, 7) is 1.75. The Bertz CT molecular complexity index is 652. The van der Waals surface area contributed by atoms with Gasteiger partial charge in [0.05, 0.1) is 5.25 Å². The number of hydrogen-bond acceptors (Lipinski definition) is 4. The lowest BCUT2D eigenvalue weighted by atomic mass is 10.1. The summed E-state index contributed by atoms with van der Waals surface area (Å²) in [5.41, 5.74) is 9.11. The Hall–Kier alpha value is -1.82. The molecule has 1 amide bonds. The number of amides is 1. The molecule has 20 heavy (non-hydrogen) atoms. The van der Waals surface area contributed by atoms with Crippen molar-refractivity contribution in [2.45, 2.75) is 36.6 Å². The van der Waals surface area contributed by atoms with E-state index in [4.69, 9.17) is 5.73 Å². The number of aryl methyl sites for hydroxylation is 2. The standard InChI is InChI=1S/C14H16N4OS/c1-8(12(15)19)20-14-16-13(17-18-14)11-6-5-9-3-2-4-10(9)7-11/h5-8H,2-4H2,1H3,(H2,15,19)(H,16,17,18)/t8-/m1/s1. The van der Waals surface area contributed by atoms with Crippen molar-refractivity contribution in [3.8, 4) is 11.4 Å². The maximum absolute atomic E-state index is 11.0. The van der Waals surface area contributed by atoms with E-state index in [0.29, 0.717) is 5.16 Å². The third-order valence-electron chi connectivity index (χ3n) is 3.52. The SMILES string of the molecule is C[C@@H](Sc1n[nH]c(-c2ccc3c(c2)CCC3)n1)C(N)=O. The van der Waals surface area contributed by atoms with Gasteiger partial charge >= 0.3 is 0 Å². The number of thioether (sulfide) groups is 1. The van der Waals surface area contributed by atoms with Gasteiger partial charge in [-0.05, 0) is 43.4 Å². The second-order valence-electron chi connectivity index (χ2n) is 4.97. The van der Waals surface area contributed by atoms with Crippen LogP contribution in [0.2, 0.25) is 0 Å². The molecular formula is C14H16N4OS. The van der Waals surface area contributed by atoms with Crippen molar-refractivity contribution in [3.63, 3.8) is 0 Å². The highest BCUT2D eigenvalue weighted by molar-refractivity contribution is 8.00. The van der Waals surface area contributed by atoms with E-state index in [1.54, 1.807) is 6.92 Å². The minimum atomic E-state index is -0.362. The van der Waals surface area contributed by atoms with Crippen LogP contribution in [-0.4, -0.2) is 26.3 Å². The maximum Gasteiger partial charge on any atom is 0.230 e. The first-order chi connectivity index (χ1) is 9.63. The number of carbonyl (C=O) groups is 1. The second kappa shape index (κ2) is 5.28. The molecule has 3 N–H and O–H groups in total. The molecule has 0 saturated carbocycles. The summed E-state index contributed by atoms with van der Waals surface area (Å²) in [7, 11) is 0. The predicted molar refractivity (Wildman–Crippen MR) is 78.4 cm³/mol. The summed E-state index contributed by atoms with van der Waals surface area (Å²) in [4.78, 5) is 15.5. The molecule has 1 atom stereocenters. The highest BCUT2D eigenvalue weighted by Gasteiger charge is 2.16. The van der Waals surface area contributed by atoms with Crippen LogP contribution < -0.4 is 5.73 Å². The monoisotopic (exact) mass is 288 g/mol. The first-order valence-electron chi connectivity index (χ1n) is 6.64. The molecule has 1 aromatic heterocycles. The molecule has 6 heteroatoms. The average molecular weight is 288 g/mol. The van der Waals surface area contributed by atoms with E-state index >= 15 is 0 Å². The van der Waals surface area contributed by atoms with Crippen LogP contribution in [0.15, 0.2) is 23.4 Å². The smallest absolute Gasteiger partial charge is 0.230 e. The number of nitrogens with two attached hydrogens (primary N) is 1. The Labute approximate surface area is 121 Å². The van der Waals surface area contributed by atoms with Crippen LogP contribution >= 0.6 is 11.8 Å². The van der Waals surface area contributed by atoms with E-state index in [9.17, 15) is 4.79 Å². The molecule has 1 heterocycles. The Morgan fingerprint density at radius 2 is 2.20 bits per heavy atom. The minimum absolute atomic E-state index is 0.335. The number of hydrogen-bond donors (Lipinski definition) is 2. The minimum Gasteiger partial charge on any atom is -0.369 e. The predicted octanol–water partition coefficient (Wildman–Crippen LogP) is 1.93. The summed E-state index contributed by atoms with van der Waals surface area (Å²) in [6, 6.07) is 6.41. The molecule has 0 fully saturated rings. The molecule has 0 bridgehead atoms. The fourth-order valence-electron chi connectivity index (χ4n) is 2.36. The van der Waals surface area contributed by atoms with Crippen LogP contribution in [-0.2, 0) is 17.6 Å². The number of benzene rings is 1. The highest BCUT2D eigenvalue weighted by Crippen LogP contribution is 2.27. The van der Waals surface area contributed by atoms with Gasteiger partial charge in [0.1, 0.15) is 0 Å². The molecule has 5 nitrogen and oxygen atoms in total. The number of carbonyl (C=O) groups excluding carboxylic acids is 1. The molecule has 0 aliphatic heterocycles. The molecule has 1 aromatic carbocycles. The van der Waals surface area contributed by atoms with Crippen molar-refractivity contribution in [1.82, 2.24) is 15.2 Å². The fourth-order valence-corrected chi connectivity index (χ4v) is 3.04. The first kappa shape index (κ1) is 13.2. The molecule has 1 aliphatic carbocycles. The molecule has 2 aromatic rings. The van der Waals surface area contributed by atoms with Gasteiger partial charge < -0.3 is 5.73 Å². The van der Waals surface area contributed by atoms with Crippen molar-refractivity contribution < 1.29 is 4.79 Å². The lowest BCUT2D eigenvalue weighted by Gasteiger charge is -2.02. The summed E-state index contributed by atoms with van der Waals surface area (Å²) < 4.78 is 0. The van der Waals surface area contributed by atoms with Crippen molar-refractivity contribution >= 4 is 17.7 Å². The van der Waals surface area contributed by atoms with E-state index < -0.39 is 0 Å². The average Bonchev–Trinajstić information content (AvgIpc) is 3.05. The number of nitrogens with zero attached hydrogens (tertiary/aromatic N) is 2. The molecule has 0 spiro atoms. The fraction of sp³-hybridized carbons (Fsp3) is 0.357. The van der Waals surface area contributed by atoms with E-state index in [0.717, 1.165) is 17.8 Å². The number of fused-ring (bicyclic) bond motifs is 1. The molecule has 1 aliphatic rings. The Morgan fingerprint density at radius 1 is 1.40 bits per heavy atom. The van der Waals surface area contributed by atoms with Gasteiger partial charge in [-0.25, -0.2) is 4.98 Å². The number of aromatic nitrogens is 3. The number of aromatic amines is 1. The Kier molecular flexibility index (Phi) is 3.48. The summed E-state index contributed by atoms with van der Waals surface area (Å²) >= 11 is 1.26. The van der Waals surface area contributed by atoms with Gasteiger partial charge in [-0.2, -0.15) is 0 Å². The van der Waals surface area contributed by atoms with Gasteiger partial charge in [-0.15, -0.1) is 5.10 Å². The van der Waals surface area contributed by atoms with E-state index in [2.05, 4.69) is 33.4 Å². The number of H-pyrrole nitrogens is 1. The Morgan fingerprint density at radius 3 is 3.00 bits per heavy atom. The van der Waals surface area contributed by atoms with Crippen LogP contribution in [0.25, 0.3) is 11.4 Å². The molecular weight excluding hydrogens is 272 g/mol. The quantitative estimate of drug-likeness (QED) is 0.842. The largest absolute Gasteiger partial charge is 0.369 e. The normalized spacial score (nSPS) is 15.1. The zero-order valence-electron chi connectivity index (χ0n) is 11.2. The topological polar surface area (TPSA) is 84.7 Å². The van der Waals surface area contributed by atoms with Crippen molar-refractivity contribution in [2.24, 2.45) is 5.73 Å². The first-order valence-corrected chi connectivity index (χ1v) is 7.52. The lowest BCUT2D eigenvalue weighted by molar-refractivity contribution is -0.117. The van der Waals surface area contributed by atoms with Gasteiger partial charge in [0, 0.05) is 5.56 Å². The molecule has 3 rings (SSSR count). The van der Waals surface area contributed by atoms with Crippen LogP contribution in [0.4, 0.5) is 0 Å².